The highest BCUT2D eigenvalue weighted by molar-refractivity contribution is 7.91. The number of nitrogens with one attached hydrogen (secondary N) is 1. The summed E-state index contributed by atoms with van der Waals surface area (Å²) in [5.74, 6) is -0.414. The molecule has 0 fully saturated rings. The molecule has 0 aliphatic heterocycles. The van der Waals surface area contributed by atoms with Gasteiger partial charge in [-0.1, -0.05) is 30.1 Å². The molecule has 0 radical (unpaired) electrons. The standard InChI is InChI=1S/C12H15Cl2NO3S/c1-3-19(17,18)5-4-15-12(16)9-6-10(13)8(2)11(14)7-9/h6-7H,3-5H2,1-2H3,(H,15,16). The molecule has 0 aromatic heterocycles. The molecule has 19 heavy (non-hydrogen) atoms. The van der Waals surface area contributed by atoms with Gasteiger partial charge >= 0.3 is 0 Å². The maximum absolute atomic E-state index is 11.8. The van der Waals surface area contributed by atoms with Crippen molar-refractivity contribution in [3.63, 3.8) is 0 Å². The van der Waals surface area contributed by atoms with Crippen LogP contribution in [-0.2, 0) is 9.84 Å². The average molecular weight is 324 g/mol. The Hall–Kier alpha value is -0.780. The first kappa shape index (κ1) is 16.3. The van der Waals surface area contributed by atoms with E-state index in [-0.39, 0.29) is 18.1 Å². The number of hydrogen-bond donors (Lipinski definition) is 1. The number of amides is 1. The number of benzene rings is 1. The van der Waals surface area contributed by atoms with Gasteiger partial charge in [0, 0.05) is 27.9 Å². The van der Waals surface area contributed by atoms with Crippen LogP contribution in [0, 0.1) is 6.92 Å². The lowest BCUT2D eigenvalue weighted by Gasteiger charge is -2.08. The molecule has 0 saturated carbocycles. The number of carbonyl (C=O) groups is 1. The molecule has 1 N–H and O–H groups in total. The topological polar surface area (TPSA) is 63.2 Å². The molecule has 0 heterocycles. The van der Waals surface area contributed by atoms with Crippen LogP contribution < -0.4 is 5.32 Å². The van der Waals surface area contributed by atoms with E-state index >= 15 is 0 Å². The van der Waals surface area contributed by atoms with Gasteiger partial charge in [-0.15, -0.1) is 0 Å². The van der Waals surface area contributed by atoms with Crippen molar-refractivity contribution in [2.75, 3.05) is 18.1 Å². The van der Waals surface area contributed by atoms with Crippen molar-refractivity contribution in [1.82, 2.24) is 5.32 Å². The Bertz CT molecular complexity index is 562. The number of hydrogen-bond acceptors (Lipinski definition) is 3. The van der Waals surface area contributed by atoms with Gasteiger partial charge in [-0.25, -0.2) is 8.42 Å². The van der Waals surface area contributed by atoms with E-state index in [9.17, 15) is 13.2 Å². The van der Waals surface area contributed by atoms with Crippen molar-refractivity contribution < 1.29 is 13.2 Å². The summed E-state index contributed by atoms with van der Waals surface area (Å²) in [4.78, 5) is 11.8. The Labute approximate surface area is 123 Å². The van der Waals surface area contributed by atoms with Crippen LogP contribution in [0.3, 0.4) is 0 Å². The van der Waals surface area contributed by atoms with Crippen molar-refractivity contribution >= 4 is 38.9 Å². The first-order valence-corrected chi connectivity index (χ1v) is 8.29. The molecule has 0 aliphatic rings. The van der Waals surface area contributed by atoms with Crippen LogP contribution >= 0.6 is 23.2 Å². The van der Waals surface area contributed by atoms with E-state index in [1.807, 2.05) is 0 Å². The minimum Gasteiger partial charge on any atom is -0.351 e. The number of carbonyl (C=O) groups excluding carboxylic acids is 1. The molecule has 0 spiro atoms. The van der Waals surface area contributed by atoms with Crippen LogP contribution in [0.25, 0.3) is 0 Å². The summed E-state index contributed by atoms with van der Waals surface area (Å²) in [5.41, 5.74) is 1.02. The predicted molar refractivity (Wildman–Crippen MR) is 77.9 cm³/mol. The summed E-state index contributed by atoms with van der Waals surface area (Å²) in [5, 5.41) is 3.33. The maximum Gasteiger partial charge on any atom is 0.251 e. The molecule has 1 rings (SSSR count). The van der Waals surface area contributed by atoms with E-state index in [4.69, 9.17) is 23.2 Å². The molecule has 0 bridgehead atoms. The van der Waals surface area contributed by atoms with E-state index in [1.165, 1.54) is 12.1 Å². The monoisotopic (exact) mass is 323 g/mol. The first-order chi connectivity index (χ1) is 8.76. The largest absolute Gasteiger partial charge is 0.351 e. The lowest BCUT2D eigenvalue weighted by molar-refractivity contribution is 0.0956. The minimum absolute atomic E-state index is 0.0606. The van der Waals surface area contributed by atoms with Gasteiger partial charge < -0.3 is 5.32 Å². The Morgan fingerprint density at radius 2 is 1.79 bits per heavy atom. The number of sulfone groups is 1. The third kappa shape index (κ3) is 4.67. The zero-order valence-corrected chi connectivity index (χ0v) is 13.0. The zero-order chi connectivity index (χ0) is 14.6. The molecular formula is C12H15Cl2NO3S. The maximum atomic E-state index is 11.8. The normalized spacial score (nSPS) is 11.4. The van der Waals surface area contributed by atoms with Crippen LogP contribution in [0.15, 0.2) is 12.1 Å². The van der Waals surface area contributed by atoms with Crippen LogP contribution in [0.1, 0.15) is 22.8 Å². The van der Waals surface area contributed by atoms with Crippen molar-refractivity contribution in [2.24, 2.45) is 0 Å². The summed E-state index contributed by atoms with van der Waals surface area (Å²) < 4.78 is 22.6. The van der Waals surface area contributed by atoms with Crippen LogP contribution in [0.5, 0.6) is 0 Å². The molecule has 1 amide bonds. The van der Waals surface area contributed by atoms with Gasteiger partial charge in [0.1, 0.15) is 0 Å². The Kier molecular flexibility index (Phi) is 5.64. The van der Waals surface area contributed by atoms with Gasteiger partial charge in [0.15, 0.2) is 9.84 Å². The fraction of sp³-hybridized carbons (Fsp3) is 0.417. The van der Waals surface area contributed by atoms with Gasteiger partial charge in [-0.3, -0.25) is 4.79 Å². The molecule has 4 nitrogen and oxygen atoms in total. The SMILES string of the molecule is CCS(=O)(=O)CCNC(=O)c1cc(Cl)c(C)c(Cl)c1. The van der Waals surface area contributed by atoms with Crippen molar-refractivity contribution in [3.05, 3.63) is 33.3 Å². The predicted octanol–water partition coefficient (Wildman–Crippen LogP) is 2.47. The van der Waals surface area contributed by atoms with E-state index in [0.29, 0.717) is 21.2 Å². The lowest BCUT2D eigenvalue weighted by atomic mass is 10.1. The molecule has 0 saturated heterocycles. The zero-order valence-electron chi connectivity index (χ0n) is 10.7. The number of halogens is 2. The Morgan fingerprint density at radius 1 is 1.26 bits per heavy atom. The van der Waals surface area contributed by atoms with Gasteiger partial charge in [0.05, 0.1) is 5.75 Å². The Morgan fingerprint density at radius 3 is 2.26 bits per heavy atom. The van der Waals surface area contributed by atoms with Gasteiger partial charge in [-0.05, 0) is 24.6 Å². The van der Waals surface area contributed by atoms with Crippen molar-refractivity contribution in [3.8, 4) is 0 Å². The summed E-state index contributed by atoms with van der Waals surface area (Å²) in [6.07, 6.45) is 0. The summed E-state index contributed by atoms with van der Waals surface area (Å²) in [7, 11) is -3.09. The fourth-order valence-corrected chi connectivity index (χ4v) is 2.53. The highest BCUT2D eigenvalue weighted by atomic mass is 35.5. The molecule has 7 heteroatoms. The second-order valence-electron chi connectivity index (χ2n) is 4.06. The molecule has 106 valence electrons. The van der Waals surface area contributed by atoms with E-state index in [0.717, 1.165) is 0 Å². The van der Waals surface area contributed by atoms with Crippen molar-refractivity contribution in [2.45, 2.75) is 13.8 Å². The van der Waals surface area contributed by atoms with Crippen molar-refractivity contribution in [1.29, 1.82) is 0 Å². The summed E-state index contributed by atoms with van der Waals surface area (Å²) in [6, 6.07) is 3.01. The number of rotatable bonds is 5. The van der Waals surface area contributed by atoms with E-state index in [1.54, 1.807) is 13.8 Å². The summed E-state index contributed by atoms with van der Waals surface area (Å²) >= 11 is 11.9. The highest BCUT2D eigenvalue weighted by Crippen LogP contribution is 2.25. The smallest absolute Gasteiger partial charge is 0.251 e. The van der Waals surface area contributed by atoms with Gasteiger partial charge in [0.25, 0.3) is 5.91 Å². The third-order valence-electron chi connectivity index (χ3n) is 2.68. The van der Waals surface area contributed by atoms with Gasteiger partial charge in [-0.2, -0.15) is 0 Å². The second-order valence-corrected chi connectivity index (χ2v) is 7.34. The quantitative estimate of drug-likeness (QED) is 0.905. The van der Waals surface area contributed by atoms with Crippen LogP contribution in [0.2, 0.25) is 10.0 Å². The van der Waals surface area contributed by atoms with Gasteiger partial charge in [0.2, 0.25) is 0 Å². The lowest BCUT2D eigenvalue weighted by Crippen LogP contribution is -2.29. The Balaban J connectivity index is 2.70. The summed E-state index contributed by atoms with van der Waals surface area (Å²) in [6.45, 7) is 3.38. The van der Waals surface area contributed by atoms with E-state index < -0.39 is 15.7 Å². The van der Waals surface area contributed by atoms with Crippen LogP contribution in [-0.4, -0.2) is 32.4 Å². The molecule has 0 unspecified atom stereocenters. The third-order valence-corrected chi connectivity index (χ3v) is 5.17. The molecule has 0 aliphatic carbocycles. The molecular weight excluding hydrogens is 309 g/mol. The highest BCUT2D eigenvalue weighted by Gasteiger charge is 2.12. The van der Waals surface area contributed by atoms with E-state index in [2.05, 4.69) is 5.32 Å². The van der Waals surface area contributed by atoms with Crippen LogP contribution in [0.4, 0.5) is 0 Å². The molecule has 0 atom stereocenters. The molecule has 1 aromatic carbocycles. The second kappa shape index (κ2) is 6.59. The minimum atomic E-state index is -3.09. The fourth-order valence-electron chi connectivity index (χ4n) is 1.34. The molecule has 1 aromatic rings. The first-order valence-electron chi connectivity index (χ1n) is 5.71. The average Bonchev–Trinajstić information content (AvgIpc) is 2.35.